The van der Waals surface area contributed by atoms with Crippen molar-refractivity contribution in [1.29, 1.82) is 0 Å². The first-order valence-electron chi connectivity index (χ1n) is 5.16. The third-order valence-electron chi connectivity index (χ3n) is 2.17. The molecule has 4 nitrogen and oxygen atoms in total. The van der Waals surface area contributed by atoms with Crippen molar-refractivity contribution < 1.29 is 27.4 Å². The molecule has 100 valence electrons. The van der Waals surface area contributed by atoms with Crippen LogP contribution >= 0.6 is 0 Å². The standard InChI is InChI=1S/C11H12F3NO3/c1-3-18-7(16)4-6-5-15-11(14)9(17-2)8(6)10(12)13/h5,10H,3-4H2,1-2H3. The van der Waals surface area contributed by atoms with Gasteiger partial charge in [-0.15, -0.1) is 0 Å². The van der Waals surface area contributed by atoms with Gasteiger partial charge in [0, 0.05) is 6.20 Å². The maximum absolute atomic E-state index is 13.2. The van der Waals surface area contributed by atoms with E-state index in [1.165, 1.54) is 0 Å². The van der Waals surface area contributed by atoms with Crippen molar-refractivity contribution >= 4 is 5.97 Å². The maximum Gasteiger partial charge on any atom is 0.310 e. The lowest BCUT2D eigenvalue weighted by Gasteiger charge is -2.12. The van der Waals surface area contributed by atoms with Crippen LogP contribution in [0.2, 0.25) is 0 Å². The number of hydrogen-bond donors (Lipinski definition) is 0. The second-order valence-corrected chi connectivity index (χ2v) is 3.30. The minimum Gasteiger partial charge on any atom is -0.492 e. The van der Waals surface area contributed by atoms with E-state index in [-0.39, 0.29) is 12.2 Å². The number of esters is 1. The van der Waals surface area contributed by atoms with Crippen molar-refractivity contribution in [3.63, 3.8) is 0 Å². The van der Waals surface area contributed by atoms with Crippen LogP contribution in [0, 0.1) is 5.95 Å². The van der Waals surface area contributed by atoms with E-state index in [1.807, 2.05) is 0 Å². The van der Waals surface area contributed by atoms with Crippen LogP contribution in [0.25, 0.3) is 0 Å². The van der Waals surface area contributed by atoms with Crippen LogP contribution in [-0.2, 0) is 16.0 Å². The third-order valence-corrected chi connectivity index (χ3v) is 2.17. The molecule has 0 fully saturated rings. The van der Waals surface area contributed by atoms with Gasteiger partial charge in [0.2, 0.25) is 0 Å². The number of halogens is 3. The Kier molecular flexibility index (Phi) is 4.94. The molecule has 0 saturated carbocycles. The molecule has 1 aromatic rings. The molecular formula is C11H12F3NO3. The van der Waals surface area contributed by atoms with Crippen molar-refractivity contribution in [2.24, 2.45) is 0 Å². The van der Waals surface area contributed by atoms with Gasteiger partial charge in [-0.1, -0.05) is 0 Å². The number of methoxy groups -OCH3 is 1. The van der Waals surface area contributed by atoms with Crippen molar-refractivity contribution in [2.45, 2.75) is 19.8 Å². The minimum atomic E-state index is -2.97. The van der Waals surface area contributed by atoms with Crippen LogP contribution in [0.4, 0.5) is 13.2 Å². The fourth-order valence-corrected chi connectivity index (χ4v) is 1.46. The highest BCUT2D eigenvalue weighted by Crippen LogP contribution is 2.33. The lowest BCUT2D eigenvalue weighted by Crippen LogP contribution is -2.11. The summed E-state index contributed by atoms with van der Waals surface area (Å²) in [6.07, 6.45) is -2.49. The van der Waals surface area contributed by atoms with Crippen LogP contribution in [0.5, 0.6) is 5.75 Å². The largest absolute Gasteiger partial charge is 0.492 e. The predicted octanol–water partition coefficient (Wildman–Crippen LogP) is 2.27. The molecule has 0 bridgehead atoms. The van der Waals surface area contributed by atoms with Crippen molar-refractivity contribution in [3.8, 4) is 5.75 Å². The molecule has 7 heteroatoms. The van der Waals surface area contributed by atoms with Crippen LogP contribution in [0.3, 0.4) is 0 Å². The summed E-state index contributed by atoms with van der Waals surface area (Å²) in [4.78, 5) is 14.5. The Bertz CT molecular complexity index is 438. The van der Waals surface area contributed by atoms with Gasteiger partial charge in [-0.2, -0.15) is 4.39 Å². The van der Waals surface area contributed by atoms with Gasteiger partial charge in [-0.05, 0) is 12.5 Å². The average molecular weight is 263 g/mol. The predicted molar refractivity (Wildman–Crippen MR) is 56.0 cm³/mol. The fraction of sp³-hybridized carbons (Fsp3) is 0.455. The molecule has 0 saturated heterocycles. The summed E-state index contributed by atoms with van der Waals surface area (Å²) in [7, 11) is 1.06. The smallest absolute Gasteiger partial charge is 0.310 e. The Hall–Kier alpha value is -1.79. The maximum atomic E-state index is 13.2. The number of ether oxygens (including phenoxy) is 2. The summed E-state index contributed by atoms with van der Waals surface area (Å²) in [5.41, 5.74) is -0.778. The normalized spacial score (nSPS) is 10.6. The molecule has 0 aromatic carbocycles. The Morgan fingerprint density at radius 2 is 2.17 bits per heavy atom. The number of carbonyl (C=O) groups is 1. The van der Waals surface area contributed by atoms with Crippen LogP contribution in [-0.4, -0.2) is 24.7 Å². The zero-order valence-corrected chi connectivity index (χ0v) is 9.87. The Labute approximate surface area is 102 Å². The summed E-state index contributed by atoms with van der Waals surface area (Å²) in [5.74, 6) is -2.47. The highest BCUT2D eigenvalue weighted by molar-refractivity contribution is 5.73. The van der Waals surface area contributed by atoms with Gasteiger partial charge in [-0.25, -0.2) is 13.8 Å². The van der Waals surface area contributed by atoms with E-state index < -0.39 is 36.1 Å². The second kappa shape index (κ2) is 6.23. The zero-order chi connectivity index (χ0) is 13.7. The fourth-order valence-electron chi connectivity index (χ4n) is 1.46. The van der Waals surface area contributed by atoms with Gasteiger partial charge in [0.25, 0.3) is 12.4 Å². The van der Waals surface area contributed by atoms with E-state index >= 15 is 0 Å². The summed E-state index contributed by atoms with van der Waals surface area (Å²) in [6.45, 7) is 1.73. The first-order chi connectivity index (χ1) is 8.51. The van der Waals surface area contributed by atoms with E-state index in [1.54, 1.807) is 6.92 Å². The van der Waals surface area contributed by atoms with E-state index in [9.17, 15) is 18.0 Å². The van der Waals surface area contributed by atoms with Crippen molar-refractivity contribution in [1.82, 2.24) is 4.98 Å². The summed E-state index contributed by atoms with van der Waals surface area (Å²) >= 11 is 0. The molecule has 0 spiro atoms. The number of nitrogens with zero attached hydrogens (tertiary/aromatic N) is 1. The summed E-state index contributed by atoms with van der Waals surface area (Å²) in [5, 5.41) is 0. The van der Waals surface area contributed by atoms with Gasteiger partial charge >= 0.3 is 5.97 Å². The Morgan fingerprint density at radius 1 is 1.50 bits per heavy atom. The summed E-state index contributed by atoms with van der Waals surface area (Å²) in [6, 6.07) is 0. The van der Waals surface area contributed by atoms with Crippen LogP contribution in [0.15, 0.2) is 6.20 Å². The molecular weight excluding hydrogens is 251 g/mol. The number of carbonyl (C=O) groups excluding carboxylic acids is 1. The van der Waals surface area contributed by atoms with Gasteiger partial charge < -0.3 is 9.47 Å². The highest BCUT2D eigenvalue weighted by atomic mass is 19.3. The molecule has 0 atom stereocenters. The lowest BCUT2D eigenvalue weighted by molar-refractivity contribution is -0.142. The van der Waals surface area contributed by atoms with Crippen LogP contribution in [0.1, 0.15) is 24.5 Å². The Morgan fingerprint density at radius 3 is 2.67 bits per heavy atom. The number of aromatic nitrogens is 1. The van der Waals surface area contributed by atoms with Gasteiger partial charge in [-0.3, -0.25) is 4.79 Å². The van der Waals surface area contributed by atoms with Crippen molar-refractivity contribution in [2.75, 3.05) is 13.7 Å². The number of alkyl halides is 2. The molecule has 0 amide bonds. The zero-order valence-electron chi connectivity index (χ0n) is 9.87. The van der Waals surface area contributed by atoms with Crippen LogP contribution < -0.4 is 4.74 Å². The van der Waals surface area contributed by atoms with E-state index in [2.05, 4.69) is 14.5 Å². The lowest BCUT2D eigenvalue weighted by atomic mass is 10.1. The number of rotatable bonds is 5. The first kappa shape index (κ1) is 14.3. The number of pyridine rings is 1. The quantitative estimate of drug-likeness (QED) is 0.604. The van der Waals surface area contributed by atoms with Crippen molar-refractivity contribution in [3.05, 3.63) is 23.3 Å². The first-order valence-corrected chi connectivity index (χ1v) is 5.16. The molecule has 1 rings (SSSR count). The molecule has 18 heavy (non-hydrogen) atoms. The third kappa shape index (κ3) is 3.12. The SMILES string of the molecule is CCOC(=O)Cc1cnc(F)c(OC)c1C(F)F. The van der Waals surface area contributed by atoms with Gasteiger partial charge in [0.15, 0.2) is 5.75 Å². The van der Waals surface area contributed by atoms with E-state index in [0.29, 0.717) is 0 Å². The number of hydrogen-bond acceptors (Lipinski definition) is 4. The molecule has 0 aliphatic rings. The topological polar surface area (TPSA) is 48.4 Å². The van der Waals surface area contributed by atoms with Gasteiger partial charge in [0.1, 0.15) is 0 Å². The average Bonchev–Trinajstić information content (AvgIpc) is 2.30. The van der Waals surface area contributed by atoms with E-state index in [0.717, 1.165) is 13.3 Å². The monoisotopic (exact) mass is 263 g/mol. The Balaban J connectivity index is 3.15. The minimum absolute atomic E-state index is 0.110. The summed E-state index contributed by atoms with van der Waals surface area (Å²) < 4.78 is 48.1. The molecule has 0 unspecified atom stereocenters. The molecule has 1 aromatic heterocycles. The molecule has 0 radical (unpaired) electrons. The molecule has 0 aliphatic carbocycles. The second-order valence-electron chi connectivity index (χ2n) is 3.30. The molecule has 0 N–H and O–H groups in total. The molecule has 0 aliphatic heterocycles. The van der Waals surface area contributed by atoms with E-state index in [4.69, 9.17) is 0 Å². The highest BCUT2D eigenvalue weighted by Gasteiger charge is 2.24. The molecule has 1 heterocycles. The van der Waals surface area contributed by atoms with Gasteiger partial charge in [0.05, 0.1) is 25.7 Å².